The molecule has 1 aromatic heterocycles. The average molecular weight is 511 g/mol. The summed E-state index contributed by atoms with van der Waals surface area (Å²) < 4.78 is 61.4. The van der Waals surface area contributed by atoms with Crippen LogP contribution in [0.5, 0.6) is 0 Å². The number of amidine groups is 1. The quantitative estimate of drug-likeness (QED) is 0.456. The number of hydrogen-bond acceptors (Lipinski definition) is 7. The van der Waals surface area contributed by atoms with Crippen LogP contribution in [-0.4, -0.2) is 59.9 Å². The van der Waals surface area contributed by atoms with Crippen molar-refractivity contribution >= 4 is 29.1 Å². The van der Waals surface area contributed by atoms with Crippen LogP contribution < -0.4 is 5.32 Å². The van der Waals surface area contributed by atoms with Gasteiger partial charge in [0, 0.05) is 18.7 Å². The summed E-state index contributed by atoms with van der Waals surface area (Å²) in [4.78, 5) is 30.4. The van der Waals surface area contributed by atoms with E-state index < -0.39 is 60.6 Å². The molecule has 2 aliphatic heterocycles. The SMILES string of the molecule is COC(=O)C1=C(CN2CC(F)(F)C[C@H]2C(=O)O)NC(c2sccc2F)=N[C@]1(C)c1ccc(F)cc1. The molecule has 3 heterocycles. The number of carboxylic acids is 1. The molecule has 0 bridgehead atoms. The summed E-state index contributed by atoms with van der Waals surface area (Å²) in [7, 11) is 1.13. The zero-order chi connectivity index (χ0) is 25.5. The molecule has 0 aliphatic carbocycles. The van der Waals surface area contributed by atoms with E-state index in [4.69, 9.17) is 4.74 Å². The van der Waals surface area contributed by atoms with Gasteiger partial charge in [0.1, 0.15) is 33.9 Å². The molecule has 1 saturated heterocycles. The van der Waals surface area contributed by atoms with Gasteiger partial charge in [-0.05, 0) is 36.1 Å². The number of benzene rings is 1. The number of carbonyl (C=O) groups excluding carboxylic acids is 1. The fraction of sp³-hybridized carbons (Fsp3) is 0.348. The Morgan fingerprint density at radius 2 is 1.94 bits per heavy atom. The zero-order valence-electron chi connectivity index (χ0n) is 18.6. The monoisotopic (exact) mass is 511 g/mol. The molecule has 12 heteroatoms. The van der Waals surface area contributed by atoms with Crippen molar-refractivity contribution in [3.05, 3.63) is 69.1 Å². The smallest absolute Gasteiger partial charge is 0.338 e. The van der Waals surface area contributed by atoms with Crippen LogP contribution >= 0.6 is 11.3 Å². The van der Waals surface area contributed by atoms with E-state index in [1.54, 1.807) is 0 Å². The number of ether oxygens (including phenoxy) is 1. The van der Waals surface area contributed by atoms with E-state index in [0.29, 0.717) is 5.56 Å². The summed E-state index contributed by atoms with van der Waals surface area (Å²) >= 11 is 1.03. The predicted molar refractivity (Wildman–Crippen MR) is 119 cm³/mol. The second kappa shape index (κ2) is 9.08. The summed E-state index contributed by atoms with van der Waals surface area (Å²) in [6.07, 6.45) is -0.890. The van der Waals surface area contributed by atoms with Crippen molar-refractivity contribution in [3.63, 3.8) is 0 Å². The van der Waals surface area contributed by atoms with Gasteiger partial charge in [-0.3, -0.25) is 14.7 Å². The summed E-state index contributed by atoms with van der Waals surface area (Å²) in [5.74, 6) is -6.65. The number of alkyl halides is 2. The van der Waals surface area contributed by atoms with Gasteiger partial charge in [-0.1, -0.05) is 12.1 Å². The number of thiophene rings is 1. The Labute approximate surface area is 201 Å². The lowest BCUT2D eigenvalue weighted by molar-refractivity contribution is -0.142. The minimum Gasteiger partial charge on any atom is -0.480 e. The van der Waals surface area contributed by atoms with Gasteiger partial charge in [0.05, 0.1) is 19.2 Å². The minimum atomic E-state index is -3.25. The normalized spacial score (nSPS) is 24.2. The number of likely N-dealkylation sites (tertiary alicyclic amines) is 1. The highest BCUT2D eigenvalue weighted by atomic mass is 32.1. The van der Waals surface area contributed by atoms with Gasteiger partial charge in [-0.2, -0.15) is 0 Å². The number of aliphatic carboxylic acids is 1. The molecule has 0 unspecified atom stereocenters. The van der Waals surface area contributed by atoms with Gasteiger partial charge in [0.2, 0.25) is 0 Å². The summed E-state index contributed by atoms with van der Waals surface area (Å²) in [5.41, 5.74) is -1.24. The molecule has 1 aromatic carbocycles. The van der Waals surface area contributed by atoms with Crippen molar-refractivity contribution in [2.24, 2.45) is 4.99 Å². The number of nitrogens with one attached hydrogen (secondary N) is 1. The molecule has 35 heavy (non-hydrogen) atoms. The molecule has 0 amide bonds. The van der Waals surface area contributed by atoms with E-state index in [1.165, 1.54) is 42.6 Å². The average Bonchev–Trinajstić information content (AvgIpc) is 3.35. The van der Waals surface area contributed by atoms with E-state index in [1.807, 2.05) is 0 Å². The summed E-state index contributed by atoms with van der Waals surface area (Å²) in [6.45, 7) is 0.280. The number of rotatable bonds is 6. The number of halogens is 4. The van der Waals surface area contributed by atoms with E-state index in [0.717, 1.165) is 23.3 Å². The maximum absolute atomic E-state index is 14.5. The number of nitrogens with zero attached hydrogens (tertiary/aromatic N) is 2. The Hall–Kier alpha value is -3.25. The maximum Gasteiger partial charge on any atom is 0.338 e. The maximum atomic E-state index is 14.5. The molecule has 1 fully saturated rings. The first kappa shape index (κ1) is 24.9. The molecule has 0 radical (unpaired) electrons. The fourth-order valence-corrected chi connectivity index (χ4v) is 5.11. The number of carboxylic acid groups (broad SMARTS) is 1. The van der Waals surface area contributed by atoms with E-state index in [2.05, 4.69) is 10.3 Å². The van der Waals surface area contributed by atoms with Crippen molar-refractivity contribution in [3.8, 4) is 0 Å². The number of aliphatic imine (C=N–C) groups is 1. The summed E-state index contributed by atoms with van der Waals surface area (Å²) in [6, 6.07) is 4.85. The Bertz CT molecular complexity index is 1230. The van der Waals surface area contributed by atoms with Crippen LogP contribution in [0.1, 0.15) is 23.8 Å². The van der Waals surface area contributed by atoms with Crippen LogP contribution in [0.15, 0.2) is 52.0 Å². The van der Waals surface area contributed by atoms with Gasteiger partial charge in [0.25, 0.3) is 5.92 Å². The molecular formula is C23H21F4N3O4S. The van der Waals surface area contributed by atoms with Crippen molar-refractivity contribution in [2.75, 3.05) is 20.2 Å². The fourth-order valence-electron chi connectivity index (χ4n) is 4.40. The van der Waals surface area contributed by atoms with E-state index >= 15 is 0 Å². The van der Waals surface area contributed by atoms with E-state index in [9.17, 15) is 32.3 Å². The number of carbonyl (C=O) groups is 2. The molecule has 2 aromatic rings. The van der Waals surface area contributed by atoms with Crippen molar-refractivity contribution in [2.45, 2.75) is 30.8 Å². The van der Waals surface area contributed by atoms with Crippen LogP contribution in [0.4, 0.5) is 17.6 Å². The molecule has 186 valence electrons. The molecule has 0 saturated carbocycles. The lowest BCUT2D eigenvalue weighted by atomic mass is 9.82. The Morgan fingerprint density at radius 1 is 1.26 bits per heavy atom. The van der Waals surface area contributed by atoms with E-state index in [-0.39, 0.29) is 22.0 Å². The number of hydrogen-bond donors (Lipinski definition) is 2. The highest BCUT2D eigenvalue weighted by molar-refractivity contribution is 7.12. The Morgan fingerprint density at radius 3 is 2.51 bits per heavy atom. The van der Waals surface area contributed by atoms with Gasteiger partial charge in [-0.25, -0.2) is 22.4 Å². The van der Waals surface area contributed by atoms with Crippen molar-refractivity contribution < 1.29 is 37.0 Å². The lowest BCUT2D eigenvalue weighted by Crippen LogP contribution is -2.46. The number of esters is 1. The molecular weight excluding hydrogens is 490 g/mol. The van der Waals surface area contributed by atoms with Crippen molar-refractivity contribution in [1.82, 2.24) is 10.2 Å². The highest BCUT2D eigenvalue weighted by Gasteiger charge is 2.50. The third-order valence-corrected chi connectivity index (χ3v) is 6.93. The zero-order valence-corrected chi connectivity index (χ0v) is 19.5. The minimum absolute atomic E-state index is 0.0183. The van der Waals surface area contributed by atoms with Gasteiger partial charge >= 0.3 is 11.9 Å². The molecule has 7 nitrogen and oxygen atoms in total. The first-order valence-corrected chi connectivity index (χ1v) is 11.4. The lowest BCUT2D eigenvalue weighted by Gasteiger charge is -2.36. The van der Waals surface area contributed by atoms with Crippen molar-refractivity contribution in [1.29, 1.82) is 0 Å². The second-order valence-electron chi connectivity index (χ2n) is 8.43. The third kappa shape index (κ3) is 4.67. The third-order valence-electron chi connectivity index (χ3n) is 6.03. The molecule has 2 N–H and O–H groups in total. The number of methoxy groups -OCH3 is 1. The van der Waals surface area contributed by atoms with Crippen LogP contribution in [-0.2, 0) is 19.9 Å². The largest absolute Gasteiger partial charge is 0.480 e. The van der Waals surface area contributed by atoms with Gasteiger partial charge in [0.15, 0.2) is 0 Å². The molecule has 0 spiro atoms. The topological polar surface area (TPSA) is 91.2 Å². The first-order chi connectivity index (χ1) is 16.4. The Balaban J connectivity index is 1.89. The first-order valence-electron chi connectivity index (χ1n) is 10.5. The standard InChI is InChI=1S/C23H21F4N3O4S/c1-22(12-3-5-13(24)6-4-12)17(21(33)34-2)15(28-19(29-22)18-14(25)7-8-35-18)10-30-11-23(26,27)9-16(30)20(31)32/h3-8,16H,9-11H2,1-2H3,(H,28,29)(H,31,32)/t16-,22+/m0/s1. The van der Waals surface area contributed by atoms with Gasteiger partial charge in [-0.15, -0.1) is 11.3 Å². The van der Waals surface area contributed by atoms with Crippen LogP contribution in [0.25, 0.3) is 0 Å². The van der Waals surface area contributed by atoms with Gasteiger partial charge < -0.3 is 15.2 Å². The van der Waals surface area contributed by atoms with Crippen LogP contribution in [0.2, 0.25) is 0 Å². The Kier molecular flexibility index (Phi) is 6.45. The molecule has 4 rings (SSSR count). The van der Waals surface area contributed by atoms with Crippen LogP contribution in [0, 0.1) is 11.6 Å². The molecule has 2 aliphatic rings. The molecule has 2 atom stereocenters. The van der Waals surface area contributed by atoms with Crippen LogP contribution in [0.3, 0.4) is 0 Å². The predicted octanol–water partition coefficient (Wildman–Crippen LogP) is 3.51. The highest BCUT2D eigenvalue weighted by Crippen LogP contribution is 2.41. The second-order valence-corrected chi connectivity index (χ2v) is 9.34. The summed E-state index contributed by atoms with van der Waals surface area (Å²) in [5, 5.41) is 13.9.